The van der Waals surface area contributed by atoms with Gasteiger partial charge in [-0.2, -0.15) is 0 Å². The van der Waals surface area contributed by atoms with Crippen molar-refractivity contribution in [2.75, 3.05) is 0 Å². The first-order chi connectivity index (χ1) is 17.4. The van der Waals surface area contributed by atoms with E-state index < -0.39 is 11.8 Å². The highest BCUT2D eigenvalue weighted by atomic mass is 16.7. The second-order valence-corrected chi connectivity index (χ2v) is 9.80. The van der Waals surface area contributed by atoms with Gasteiger partial charge in [0, 0.05) is 22.7 Å². The molecule has 1 aromatic heterocycles. The lowest BCUT2D eigenvalue weighted by Gasteiger charge is -2.19. The smallest absolute Gasteiger partial charge is 0.428 e. The van der Waals surface area contributed by atoms with Gasteiger partial charge in [0.25, 0.3) is 0 Å². The van der Waals surface area contributed by atoms with Gasteiger partial charge in [0.2, 0.25) is 0 Å². The fraction of sp³-hybridized carbons (Fsp3) is 0.125. The second kappa shape index (κ2) is 8.25. The Hall–Kier alpha value is -4.62. The SMILES string of the molecule is CC(C)(C)OC(=O)Oc1ccc(C#Cc2ccc3ccc4cccc5ccc2c3c45)c2cccnc12. The van der Waals surface area contributed by atoms with Crippen LogP contribution in [-0.4, -0.2) is 16.7 Å². The summed E-state index contributed by atoms with van der Waals surface area (Å²) in [5.41, 5.74) is 1.68. The number of nitrogens with zero attached hydrogens (tertiary/aromatic N) is 1. The molecule has 0 fully saturated rings. The molecule has 0 bridgehead atoms. The number of benzene rings is 5. The van der Waals surface area contributed by atoms with Crippen molar-refractivity contribution in [3.05, 3.63) is 96.2 Å². The normalized spacial score (nSPS) is 11.6. The molecule has 0 atom stereocenters. The Kier molecular flexibility index (Phi) is 5.01. The third kappa shape index (κ3) is 3.85. The number of hydrogen-bond donors (Lipinski definition) is 0. The Balaban J connectivity index is 1.44. The molecule has 0 radical (unpaired) electrons. The predicted octanol–water partition coefficient (Wildman–Crippen LogP) is 7.85. The summed E-state index contributed by atoms with van der Waals surface area (Å²) in [5, 5.41) is 8.12. The molecule has 0 unspecified atom stereocenters. The Morgan fingerprint density at radius 3 is 2.11 bits per heavy atom. The van der Waals surface area contributed by atoms with E-state index in [0.29, 0.717) is 11.3 Å². The number of aromatic nitrogens is 1. The van der Waals surface area contributed by atoms with Gasteiger partial charge in [-0.15, -0.1) is 0 Å². The van der Waals surface area contributed by atoms with Crippen LogP contribution >= 0.6 is 0 Å². The summed E-state index contributed by atoms with van der Waals surface area (Å²) in [5.74, 6) is 7.06. The Labute approximate surface area is 208 Å². The molecule has 6 aromatic rings. The van der Waals surface area contributed by atoms with E-state index in [2.05, 4.69) is 71.4 Å². The topological polar surface area (TPSA) is 48.4 Å². The lowest BCUT2D eigenvalue weighted by molar-refractivity contribution is 0.0209. The number of carbonyl (C=O) groups excluding carboxylic acids is 1. The molecule has 6 rings (SSSR count). The van der Waals surface area contributed by atoms with E-state index in [1.54, 1.807) is 33.0 Å². The van der Waals surface area contributed by atoms with Crippen molar-refractivity contribution in [3.8, 4) is 17.6 Å². The summed E-state index contributed by atoms with van der Waals surface area (Å²) < 4.78 is 10.8. The summed E-state index contributed by atoms with van der Waals surface area (Å²) >= 11 is 0. The summed E-state index contributed by atoms with van der Waals surface area (Å²) in [6.07, 6.45) is 0.907. The van der Waals surface area contributed by atoms with Crippen LogP contribution < -0.4 is 4.74 Å². The number of ether oxygens (including phenoxy) is 2. The molecule has 0 aliphatic heterocycles. The van der Waals surface area contributed by atoms with Gasteiger partial charge < -0.3 is 9.47 Å². The zero-order chi connectivity index (χ0) is 24.9. The summed E-state index contributed by atoms with van der Waals surface area (Å²) in [4.78, 5) is 16.7. The third-order valence-electron chi connectivity index (χ3n) is 6.18. The van der Waals surface area contributed by atoms with E-state index in [0.717, 1.165) is 21.9 Å². The van der Waals surface area contributed by atoms with Crippen LogP contribution in [0.4, 0.5) is 4.79 Å². The zero-order valence-electron chi connectivity index (χ0n) is 20.3. The van der Waals surface area contributed by atoms with Crippen LogP contribution in [0.3, 0.4) is 0 Å². The summed E-state index contributed by atoms with van der Waals surface area (Å²) in [6.45, 7) is 5.38. The van der Waals surface area contributed by atoms with E-state index in [1.807, 2.05) is 18.2 Å². The molecule has 4 nitrogen and oxygen atoms in total. The number of hydrogen-bond acceptors (Lipinski definition) is 4. The fourth-order valence-corrected chi connectivity index (χ4v) is 4.68. The molecule has 5 aromatic carbocycles. The van der Waals surface area contributed by atoms with Crippen molar-refractivity contribution in [2.24, 2.45) is 0 Å². The Morgan fingerprint density at radius 1 is 0.722 bits per heavy atom. The van der Waals surface area contributed by atoms with E-state index in [9.17, 15) is 4.79 Å². The lowest BCUT2D eigenvalue weighted by atomic mass is 9.92. The monoisotopic (exact) mass is 469 g/mol. The molecule has 0 aliphatic rings. The number of rotatable bonds is 1. The average molecular weight is 470 g/mol. The van der Waals surface area contributed by atoms with Crippen molar-refractivity contribution in [1.29, 1.82) is 0 Å². The van der Waals surface area contributed by atoms with E-state index in [-0.39, 0.29) is 0 Å². The molecule has 36 heavy (non-hydrogen) atoms. The average Bonchev–Trinajstić information content (AvgIpc) is 2.86. The van der Waals surface area contributed by atoms with Crippen molar-refractivity contribution < 1.29 is 14.3 Å². The molecule has 0 aliphatic carbocycles. The fourth-order valence-electron chi connectivity index (χ4n) is 4.68. The first-order valence-electron chi connectivity index (χ1n) is 11.8. The van der Waals surface area contributed by atoms with Gasteiger partial charge in [-0.1, -0.05) is 60.4 Å². The van der Waals surface area contributed by atoms with Gasteiger partial charge in [-0.05, 0) is 83.4 Å². The van der Waals surface area contributed by atoms with E-state index in [4.69, 9.17) is 9.47 Å². The summed E-state index contributed by atoms with van der Waals surface area (Å²) in [7, 11) is 0. The maximum absolute atomic E-state index is 12.2. The van der Waals surface area contributed by atoms with Gasteiger partial charge in [0.15, 0.2) is 5.75 Å². The van der Waals surface area contributed by atoms with Crippen LogP contribution in [-0.2, 0) is 4.74 Å². The molecule has 0 saturated carbocycles. The molecular formula is C32H23NO3. The van der Waals surface area contributed by atoms with Crippen molar-refractivity contribution >= 4 is 49.4 Å². The van der Waals surface area contributed by atoms with Crippen LogP contribution in [0.1, 0.15) is 31.9 Å². The highest BCUT2D eigenvalue weighted by Gasteiger charge is 2.19. The lowest BCUT2D eigenvalue weighted by Crippen LogP contribution is -2.26. The van der Waals surface area contributed by atoms with Gasteiger partial charge >= 0.3 is 6.16 Å². The van der Waals surface area contributed by atoms with E-state index >= 15 is 0 Å². The molecule has 0 N–H and O–H groups in total. The minimum Gasteiger partial charge on any atom is -0.428 e. The third-order valence-corrected chi connectivity index (χ3v) is 6.18. The molecule has 1 heterocycles. The van der Waals surface area contributed by atoms with Crippen LogP contribution in [0.5, 0.6) is 5.75 Å². The van der Waals surface area contributed by atoms with Crippen LogP contribution in [0.2, 0.25) is 0 Å². The number of pyridine rings is 1. The quantitative estimate of drug-likeness (QED) is 0.106. The van der Waals surface area contributed by atoms with Crippen LogP contribution in [0.25, 0.3) is 43.2 Å². The van der Waals surface area contributed by atoms with Crippen molar-refractivity contribution in [2.45, 2.75) is 26.4 Å². The zero-order valence-corrected chi connectivity index (χ0v) is 20.3. The van der Waals surface area contributed by atoms with Gasteiger partial charge in [-0.3, -0.25) is 4.98 Å². The number of carbonyl (C=O) groups is 1. The van der Waals surface area contributed by atoms with Crippen LogP contribution in [0.15, 0.2) is 85.1 Å². The minimum absolute atomic E-state index is 0.341. The molecule has 174 valence electrons. The van der Waals surface area contributed by atoms with Crippen LogP contribution in [0, 0.1) is 11.8 Å². The number of fused-ring (bicyclic) bond motifs is 1. The predicted molar refractivity (Wildman–Crippen MR) is 145 cm³/mol. The highest BCUT2D eigenvalue weighted by molar-refractivity contribution is 6.23. The standard InChI is InChI=1S/C32H23NO3/c1-32(2,3)36-31(34)35-27-18-16-21(26-8-5-19-33-30(26)27)10-9-20-11-12-24-14-13-22-6-4-7-23-15-17-25(20)29(24)28(22)23/h4-8,11-19H,1-3H3. The maximum Gasteiger partial charge on any atom is 0.514 e. The first-order valence-corrected chi connectivity index (χ1v) is 11.8. The molecular weight excluding hydrogens is 446 g/mol. The van der Waals surface area contributed by atoms with Crippen molar-refractivity contribution in [3.63, 3.8) is 0 Å². The van der Waals surface area contributed by atoms with Gasteiger partial charge in [0.1, 0.15) is 11.1 Å². The Morgan fingerprint density at radius 2 is 1.36 bits per heavy atom. The molecule has 4 heteroatoms. The maximum atomic E-state index is 12.2. The molecule has 0 saturated heterocycles. The van der Waals surface area contributed by atoms with Gasteiger partial charge in [-0.25, -0.2) is 4.79 Å². The minimum atomic E-state index is -0.762. The summed E-state index contributed by atoms with van der Waals surface area (Å²) in [6, 6.07) is 26.6. The van der Waals surface area contributed by atoms with Gasteiger partial charge in [0.05, 0.1) is 0 Å². The highest BCUT2D eigenvalue weighted by Crippen LogP contribution is 2.36. The molecule has 0 amide bonds. The van der Waals surface area contributed by atoms with E-state index in [1.165, 1.54) is 26.9 Å². The second-order valence-electron chi connectivity index (χ2n) is 9.80. The largest absolute Gasteiger partial charge is 0.514 e. The Bertz CT molecular complexity index is 1840. The first kappa shape index (κ1) is 21.9. The van der Waals surface area contributed by atoms with Crippen molar-refractivity contribution in [1.82, 2.24) is 4.98 Å². The molecule has 0 spiro atoms.